The highest BCUT2D eigenvalue weighted by Gasteiger charge is 2.25. The molecule has 32 heavy (non-hydrogen) atoms. The molecule has 0 radical (unpaired) electrons. The van der Waals surface area contributed by atoms with Crippen molar-refractivity contribution in [2.45, 2.75) is 38.5 Å². The normalized spacial score (nSPS) is 17.1. The number of carbonyl (C=O) groups excluding carboxylic acids is 2. The predicted molar refractivity (Wildman–Crippen MR) is 119 cm³/mol. The molecule has 0 unspecified atom stereocenters. The Hall–Kier alpha value is -3.23. The van der Waals surface area contributed by atoms with Crippen LogP contribution in [-0.2, 0) is 0 Å². The monoisotopic (exact) mass is 438 g/mol. The third-order valence-corrected chi connectivity index (χ3v) is 6.12. The number of aromatic nitrogens is 3. The first-order valence-electron chi connectivity index (χ1n) is 11.4. The van der Waals surface area contributed by atoms with E-state index < -0.39 is 0 Å². The van der Waals surface area contributed by atoms with E-state index in [1.54, 1.807) is 46.6 Å². The first-order chi connectivity index (χ1) is 15.7. The molecule has 2 aromatic heterocycles. The number of hydrogen-bond donors (Lipinski definition) is 1. The van der Waals surface area contributed by atoms with Crippen LogP contribution in [0.3, 0.4) is 0 Å². The molecule has 1 N–H and O–H groups in total. The van der Waals surface area contributed by atoms with Crippen LogP contribution < -0.4 is 10.1 Å². The molecule has 2 fully saturated rings. The molecular formula is C23H30N6O3. The van der Waals surface area contributed by atoms with Crippen molar-refractivity contribution in [3.8, 4) is 5.88 Å². The Morgan fingerprint density at radius 3 is 2.44 bits per heavy atom. The van der Waals surface area contributed by atoms with Gasteiger partial charge in [0.2, 0.25) is 11.8 Å². The van der Waals surface area contributed by atoms with Gasteiger partial charge in [-0.2, -0.15) is 0 Å². The van der Waals surface area contributed by atoms with E-state index in [1.165, 1.54) is 32.1 Å². The fraction of sp³-hybridized carbons (Fsp3) is 0.522. The first kappa shape index (κ1) is 22.0. The second-order valence-corrected chi connectivity index (χ2v) is 8.31. The minimum Gasteiger partial charge on any atom is -0.478 e. The molecule has 0 aromatic carbocycles. The summed E-state index contributed by atoms with van der Waals surface area (Å²) in [6, 6.07) is 4.85. The van der Waals surface area contributed by atoms with Crippen molar-refractivity contribution in [1.82, 2.24) is 24.8 Å². The number of nitrogens with one attached hydrogen (secondary N) is 1. The molecule has 9 nitrogen and oxygen atoms in total. The van der Waals surface area contributed by atoms with Crippen molar-refractivity contribution in [3.63, 3.8) is 0 Å². The van der Waals surface area contributed by atoms with Crippen molar-refractivity contribution >= 4 is 17.9 Å². The molecule has 170 valence electrons. The summed E-state index contributed by atoms with van der Waals surface area (Å²) in [5, 5.41) is 2.67. The van der Waals surface area contributed by atoms with E-state index in [-0.39, 0.29) is 17.9 Å². The summed E-state index contributed by atoms with van der Waals surface area (Å²) < 4.78 is 5.84. The zero-order valence-corrected chi connectivity index (χ0v) is 18.3. The molecule has 9 heteroatoms. The highest BCUT2D eigenvalue weighted by atomic mass is 16.5. The molecule has 1 aliphatic carbocycles. The smallest absolute Gasteiger partial charge is 0.324 e. The van der Waals surface area contributed by atoms with Crippen LogP contribution in [0.4, 0.5) is 10.7 Å². The number of rotatable bonds is 6. The number of ether oxygens (including phenoxy) is 1. The van der Waals surface area contributed by atoms with E-state index in [2.05, 4.69) is 20.3 Å². The number of hydrogen-bond acceptors (Lipinski definition) is 6. The van der Waals surface area contributed by atoms with Crippen molar-refractivity contribution < 1.29 is 14.3 Å². The third kappa shape index (κ3) is 5.93. The van der Waals surface area contributed by atoms with Gasteiger partial charge in [-0.3, -0.25) is 10.1 Å². The van der Waals surface area contributed by atoms with Gasteiger partial charge in [0.05, 0.1) is 6.61 Å². The molecule has 1 saturated carbocycles. The Bertz CT molecular complexity index is 896. The lowest BCUT2D eigenvalue weighted by atomic mass is 9.87. The van der Waals surface area contributed by atoms with Gasteiger partial charge in [0.15, 0.2) is 0 Å². The largest absolute Gasteiger partial charge is 0.478 e. The molecular weight excluding hydrogens is 408 g/mol. The van der Waals surface area contributed by atoms with Crippen LogP contribution in [0.1, 0.15) is 48.9 Å². The van der Waals surface area contributed by atoms with Crippen LogP contribution >= 0.6 is 0 Å². The van der Waals surface area contributed by atoms with Gasteiger partial charge >= 0.3 is 6.03 Å². The van der Waals surface area contributed by atoms with Crippen molar-refractivity contribution in [3.05, 3.63) is 42.4 Å². The van der Waals surface area contributed by atoms with E-state index in [9.17, 15) is 9.59 Å². The maximum Gasteiger partial charge on any atom is 0.324 e. The molecule has 3 amide bonds. The predicted octanol–water partition coefficient (Wildman–Crippen LogP) is 3.21. The molecule has 0 atom stereocenters. The zero-order valence-electron chi connectivity index (χ0n) is 18.3. The number of pyridine rings is 1. The van der Waals surface area contributed by atoms with Crippen molar-refractivity contribution in [2.75, 3.05) is 38.1 Å². The van der Waals surface area contributed by atoms with E-state index >= 15 is 0 Å². The van der Waals surface area contributed by atoms with Gasteiger partial charge in [0.25, 0.3) is 5.91 Å². The molecule has 0 spiro atoms. The third-order valence-electron chi connectivity index (χ3n) is 6.12. The average molecular weight is 439 g/mol. The number of carbonyl (C=O) groups is 2. The molecule has 3 heterocycles. The lowest BCUT2D eigenvalue weighted by Gasteiger charge is -2.34. The molecule has 1 aliphatic heterocycles. The lowest BCUT2D eigenvalue weighted by Crippen LogP contribution is -2.51. The van der Waals surface area contributed by atoms with Crippen LogP contribution in [0, 0.1) is 5.92 Å². The molecule has 2 aromatic rings. The first-order valence-corrected chi connectivity index (χ1v) is 11.4. The fourth-order valence-corrected chi connectivity index (χ4v) is 4.26. The van der Waals surface area contributed by atoms with Gasteiger partial charge < -0.3 is 14.5 Å². The summed E-state index contributed by atoms with van der Waals surface area (Å²) in [5.41, 5.74) is 0.559. The summed E-state index contributed by atoms with van der Waals surface area (Å²) >= 11 is 0. The second-order valence-electron chi connectivity index (χ2n) is 8.31. The van der Waals surface area contributed by atoms with Gasteiger partial charge in [-0.1, -0.05) is 32.1 Å². The van der Waals surface area contributed by atoms with Crippen LogP contribution in [0.15, 0.2) is 36.8 Å². The van der Waals surface area contributed by atoms with Crippen LogP contribution in [0.25, 0.3) is 0 Å². The fourth-order valence-electron chi connectivity index (χ4n) is 4.26. The Balaban J connectivity index is 1.24. The molecule has 4 rings (SSSR count). The van der Waals surface area contributed by atoms with Gasteiger partial charge in [-0.05, 0) is 24.5 Å². The number of urea groups is 1. The van der Waals surface area contributed by atoms with Gasteiger partial charge in [-0.15, -0.1) is 0 Å². The van der Waals surface area contributed by atoms with Crippen LogP contribution in [0.5, 0.6) is 5.88 Å². The lowest BCUT2D eigenvalue weighted by molar-refractivity contribution is 0.0671. The maximum atomic E-state index is 12.9. The summed E-state index contributed by atoms with van der Waals surface area (Å²) in [5.74, 6) is 1.43. The SMILES string of the molecule is O=C(Nc1ncccn1)N1CCN(C(=O)c2ccnc(OCCC3CCCCC3)c2)CC1. The minimum atomic E-state index is -0.263. The van der Waals surface area contributed by atoms with Crippen LogP contribution in [0.2, 0.25) is 0 Å². The van der Waals surface area contributed by atoms with E-state index in [1.807, 2.05) is 0 Å². The Morgan fingerprint density at radius 1 is 0.969 bits per heavy atom. The number of piperazine rings is 1. The summed E-state index contributed by atoms with van der Waals surface area (Å²) in [6.07, 6.45) is 12.4. The van der Waals surface area contributed by atoms with E-state index in [0.29, 0.717) is 44.2 Å². The van der Waals surface area contributed by atoms with E-state index in [4.69, 9.17) is 4.74 Å². The Morgan fingerprint density at radius 2 is 1.69 bits per heavy atom. The van der Waals surface area contributed by atoms with Crippen LogP contribution in [-0.4, -0.2) is 69.5 Å². The van der Waals surface area contributed by atoms with Gasteiger partial charge in [0.1, 0.15) is 0 Å². The van der Waals surface area contributed by atoms with Gasteiger partial charge in [-0.25, -0.2) is 19.7 Å². The Labute approximate surface area is 188 Å². The molecule has 0 bridgehead atoms. The standard InChI is InChI=1S/C23H30N6O3/c30-21(19-7-11-24-20(17-19)32-16-8-18-5-2-1-3-6-18)28-12-14-29(15-13-28)23(31)27-22-25-9-4-10-26-22/h4,7,9-11,17-18H,1-3,5-6,8,12-16H2,(H,25,26,27,31). The van der Waals surface area contributed by atoms with E-state index in [0.717, 1.165) is 12.3 Å². The average Bonchev–Trinajstić information content (AvgIpc) is 2.85. The molecule has 1 saturated heterocycles. The summed E-state index contributed by atoms with van der Waals surface area (Å²) in [6.45, 7) is 2.44. The second kappa shape index (κ2) is 10.9. The molecule has 2 aliphatic rings. The topological polar surface area (TPSA) is 101 Å². The highest BCUT2D eigenvalue weighted by molar-refractivity contribution is 5.94. The summed E-state index contributed by atoms with van der Waals surface area (Å²) in [4.78, 5) is 41.0. The number of nitrogens with zero attached hydrogens (tertiary/aromatic N) is 5. The minimum absolute atomic E-state index is 0.0732. The number of anilines is 1. The highest BCUT2D eigenvalue weighted by Crippen LogP contribution is 2.26. The summed E-state index contributed by atoms with van der Waals surface area (Å²) in [7, 11) is 0. The Kier molecular flexibility index (Phi) is 7.47. The van der Waals surface area contributed by atoms with Crippen molar-refractivity contribution in [1.29, 1.82) is 0 Å². The van der Waals surface area contributed by atoms with Gasteiger partial charge in [0, 0.05) is 56.4 Å². The maximum absolute atomic E-state index is 12.9. The number of amides is 3. The van der Waals surface area contributed by atoms with Crippen molar-refractivity contribution in [2.24, 2.45) is 5.92 Å². The zero-order chi connectivity index (χ0) is 22.2. The quantitative estimate of drug-likeness (QED) is 0.743.